The molecule has 0 aliphatic carbocycles. The summed E-state index contributed by atoms with van der Waals surface area (Å²) in [5, 5.41) is 3.38. The minimum absolute atomic E-state index is 0.216. The molecule has 140 valence electrons. The van der Waals surface area contributed by atoms with E-state index in [0.717, 1.165) is 17.7 Å². The van der Waals surface area contributed by atoms with Crippen molar-refractivity contribution in [2.45, 2.75) is 32.2 Å². The van der Waals surface area contributed by atoms with Gasteiger partial charge in [0.05, 0.1) is 0 Å². The van der Waals surface area contributed by atoms with Crippen LogP contribution in [0, 0.1) is 5.92 Å². The van der Waals surface area contributed by atoms with E-state index < -0.39 is 17.5 Å². The lowest BCUT2D eigenvalue weighted by atomic mass is 9.92. The summed E-state index contributed by atoms with van der Waals surface area (Å²) in [6.45, 7) is 4.72. The predicted octanol–water partition coefficient (Wildman–Crippen LogP) is 3.02. The van der Waals surface area contributed by atoms with Crippen molar-refractivity contribution in [3.8, 4) is 0 Å². The molecule has 0 unspecified atom stereocenters. The molecule has 3 rings (SSSR count). The Morgan fingerprint density at radius 3 is 2.73 bits per heavy atom. The molecule has 0 saturated carbocycles. The average Bonchev–Trinajstić information content (AvgIpc) is 2.78. The van der Waals surface area contributed by atoms with Crippen LogP contribution in [0.25, 0.3) is 0 Å². The molecule has 0 bridgehead atoms. The third-order valence-corrected chi connectivity index (χ3v) is 5.60. The predicted molar refractivity (Wildman–Crippen MR) is 99.0 cm³/mol. The first kappa shape index (κ1) is 19.0. The summed E-state index contributed by atoms with van der Waals surface area (Å²) in [4.78, 5) is 40.6. The Morgan fingerprint density at radius 2 is 2.08 bits per heavy atom. The van der Waals surface area contributed by atoms with E-state index in [1.54, 1.807) is 24.0 Å². The zero-order valence-electron chi connectivity index (χ0n) is 14.7. The molecule has 0 aromatic heterocycles. The number of nitrogens with zero attached hydrogens (tertiary/aromatic N) is 2. The van der Waals surface area contributed by atoms with E-state index in [2.05, 4.69) is 12.2 Å². The van der Waals surface area contributed by atoms with Gasteiger partial charge in [0.1, 0.15) is 12.1 Å². The molecule has 0 radical (unpaired) electrons. The molecule has 1 aromatic carbocycles. The lowest BCUT2D eigenvalue weighted by Gasteiger charge is -2.32. The van der Waals surface area contributed by atoms with Crippen molar-refractivity contribution in [3.05, 3.63) is 33.8 Å². The first-order valence-corrected chi connectivity index (χ1v) is 9.35. The molecular formula is C18H21Cl2N3O3. The molecule has 0 spiro atoms. The maximum absolute atomic E-state index is 12.9. The van der Waals surface area contributed by atoms with E-state index in [4.69, 9.17) is 23.2 Å². The Kier molecular flexibility index (Phi) is 5.17. The second-order valence-corrected chi connectivity index (χ2v) is 8.00. The highest BCUT2D eigenvalue weighted by Gasteiger charge is 2.50. The lowest BCUT2D eigenvalue weighted by molar-refractivity contribution is -0.139. The summed E-state index contributed by atoms with van der Waals surface area (Å²) >= 11 is 12.1. The van der Waals surface area contributed by atoms with E-state index in [-0.39, 0.29) is 17.5 Å². The van der Waals surface area contributed by atoms with Gasteiger partial charge in [-0.2, -0.15) is 0 Å². The number of amides is 4. The molecule has 2 saturated heterocycles. The summed E-state index contributed by atoms with van der Waals surface area (Å²) in [5.74, 6) is -0.287. The summed E-state index contributed by atoms with van der Waals surface area (Å²) in [5.41, 5.74) is -0.878. The fraction of sp³-hybridized carbons (Fsp3) is 0.500. The molecule has 1 aromatic rings. The van der Waals surface area contributed by atoms with Crippen LogP contribution < -0.4 is 5.32 Å². The number of likely N-dealkylation sites (tertiary alicyclic amines) is 1. The van der Waals surface area contributed by atoms with Crippen molar-refractivity contribution in [2.24, 2.45) is 5.92 Å². The summed E-state index contributed by atoms with van der Waals surface area (Å²) in [7, 11) is 0. The van der Waals surface area contributed by atoms with Crippen LogP contribution >= 0.6 is 23.2 Å². The number of urea groups is 1. The molecule has 1 N–H and O–H groups in total. The van der Waals surface area contributed by atoms with Crippen molar-refractivity contribution in [1.82, 2.24) is 15.1 Å². The minimum Gasteiger partial charge on any atom is -0.341 e. The molecule has 4 amide bonds. The van der Waals surface area contributed by atoms with Crippen LogP contribution in [0.2, 0.25) is 10.0 Å². The molecule has 26 heavy (non-hydrogen) atoms. The molecule has 2 atom stereocenters. The zero-order chi connectivity index (χ0) is 19.1. The van der Waals surface area contributed by atoms with Crippen LogP contribution in [0.3, 0.4) is 0 Å². The third-order valence-electron chi connectivity index (χ3n) is 5.05. The number of hydrogen-bond acceptors (Lipinski definition) is 3. The van der Waals surface area contributed by atoms with Gasteiger partial charge < -0.3 is 10.2 Å². The third kappa shape index (κ3) is 3.40. The number of rotatable bonds is 3. The van der Waals surface area contributed by atoms with Gasteiger partial charge in [-0.1, -0.05) is 36.2 Å². The van der Waals surface area contributed by atoms with Crippen molar-refractivity contribution in [3.63, 3.8) is 0 Å². The number of carbonyl (C=O) groups is 3. The highest BCUT2D eigenvalue weighted by molar-refractivity contribution is 6.35. The number of benzene rings is 1. The molecule has 6 nitrogen and oxygen atoms in total. The highest BCUT2D eigenvalue weighted by Crippen LogP contribution is 2.35. The fourth-order valence-electron chi connectivity index (χ4n) is 3.57. The topological polar surface area (TPSA) is 69.7 Å². The summed E-state index contributed by atoms with van der Waals surface area (Å²) in [6, 6.07) is 4.14. The summed E-state index contributed by atoms with van der Waals surface area (Å²) in [6.07, 6.45) is 2.02. The number of imide groups is 1. The monoisotopic (exact) mass is 397 g/mol. The normalized spacial score (nSPS) is 26.2. The number of carbonyl (C=O) groups excluding carboxylic acids is 3. The van der Waals surface area contributed by atoms with Crippen molar-refractivity contribution < 1.29 is 14.4 Å². The van der Waals surface area contributed by atoms with Crippen LogP contribution in [0.1, 0.15) is 32.3 Å². The Balaban J connectivity index is 1.79. The first-order chi connectivity index (χ1) is 12.2. The molecule has 2 fully saturated rings. The van der Waals surface area contributed by atoms with Crippen LogP contribution in [0.5, 0.6) is 0 Å². The lowest BCUT2D eigenvalue weighted by Crippen LogP contribution is -2.47. The van der Waals surface area contributed by atoms with E-state index in [1.807, 2.05) is 0 Å². The summed E-state index contributed by atoms with van der Waals surface area (Å²) < 4.78 is 0. The maximum atomic E-state index is 12.9. The SMILES string of the molecule is C[C@H]1CCCN(C(=O)CN2C(=O)N[C@](C)(c3ccc(Cl)cc3Cl)C2=O)C1. The highest BCUT2D eigenvalue weighted by atomic mass is 35.5. The van der Waals surface area contributed by atoms with Gasteiger partial charge in [0.15, 0.2) is 0 Å². The second kappa shape index (κ2) is 7.08. The second-order valence-electron chi connectivity index (χ2n) is 7.16. The van der Waals surface area contributed by atoms with Gasteiger partial charge in [0.25, 0.3) is 5.91 Å². The first-order valence-electron chi connectivity index (χ1n) is 8.60. The van der Waals surface area contributed by atoms with Crippen LogP contribution in [0.15, 0.2) is 18.2 Å². The quantitative estimate of drug-likeness (QED) is 0.796. The number of nitrogens with one attached hydrogen (secondary N) is 1. The van der Waals surface area contributed by atoms with Gasteiger partial charge in [-0.15, -0.1) is 0 Å². The zero-order valence-corrected chi connectivity index (χ0v) is 16.2. The molecular weight excluding hydrogens is 377 g/mol. The van der Waals surface area contributed by atoms with E-state index >= 15 is 0 Å². The van der Waals surface area contributed by atoms with E-state index in [0.29, 0.717) is 29.6 Å². The standard InChI is InChI=1S/C18H21Cl2N3O3/c1-11-4-3-7-22(9-11)15(24)10-23-16(25)18(2,21-17(23)26)13-6-5-12(19)8-14(13)20/h5-6,8,11H,3-4,7,9-10H2,1-2H3,(H,21,26)/t11-,18+/m0/s1. The van der Waals surface area contributed by atoms with Gasteiger partial charge in [-0.25, -0.2) is 4.79 Å². The number of halogens is 2. The average molecular weight is 398 g/mol. The Morgan fingerprint density at radius 1 is 1.35 bits per heavy atom. The minimum atomic E-state index is -1.33. The Hall–Kier alpha value is -1.79. The fourth-order valence-corrected chi connectivity index (χ4v) is 4.17. The van der Waals surface area contributed by atoms with Gasteiger partial charge in [-0.05, 0) is 37.8 Å². The van der Waals surface area contributed by atoms with Gasteiger partial charge in [-0.3, -0.25) is 14.5 Å². The Labute approximate surface area is 162 Å². The molecule has 2 heterocycles. The van der Waals surface area contributed by atoms with Crippen LogP contribution in [-0.4, -0.2) is 47.3 Å². The van der Waals surface area contributed by atoms with Crippen molar-refractivity contribution in [2.75, 3.05) is 19.6 Å². The van der Waals surface area contributed by atoms with Gasteiger partial charge in [0, 0.05) is 28.7 Å². The van der Waals surface area contributed by atoms with E-state index in [9.17, 15) is 14.4 Å². The largest absolute Gasteiger partial charge is 0.341 e. The van der Waals surface area contributed by atoms with Crippen LogP contribution in [-0.2, 0) is 15.1 Å². The molecule has 2 aliphatic heterocycles. The van der Waals surface area contributed by atoms with Gasteiger partial charge in [0.2, 0.25) is 5.91 Å². The van der Waals surface area contributed by atoms with E-state index in [1.165, 1.54) is 6.07 Å². The molecule has 8 heteroatoms. The van der Waals surface area contributed by atoms with Crippen molar-refractivity contribution >= 4 is 41.0 Å². The molecule has 2 aliphatic rings. The number of hydrogen-bond donors (Lipinski definition) is 1. The smallest absolute Gasteiger partial charge is 0.325 e. The maximum Gasteiger partial charge on any atom is 0.325 e. The number of piperidine rings is 1. The Bertz CT molecular complexity index is 770. The van der Waals surface area contributed by atoms with Crippen molar-refractivity contribution in [1.29, 1.82) is 0 Å². The van der Waals surface area contributed by atoms with Gasteiger partial charge >= 0.3 is 6.03 Å². The van der Waals surface area contributed by atoms with Crippen LogP contribution in [0.4, 0.5) is 4.79 Å².